The highest BCUT2D eigenvalue weighted by Crippen LogP contribution is 2.13. The van der Waals surface area contributed by atoms with Gasteiger partial charge in [0.05, 0.1) is 18.6 Å². The Bertz CT molecular complexity index is 1100. The first-order valence-corrected chi connectivity index (χ1v) is 9.20. The Morgan fingerprint density at radius 3 is 2.32 bits per heavy atom. The van der Waals surface area contributed by atoms with E-state index >= 15 is 0 Å². The number of esters is 3. The lowest BCUT2D eigenvalue weighted by atomic mass is 10.0. The molecule has 0 saturated carbocycles. The van der Waals surface area contributed by atoms with E-state index in [-0.39, 0.29) is 24.2 Å². The Morgan fingerprint density at radius 2 is 1.68 bits per heavy atom. The van der Waals surface area contributed by atoms with Crippen molar-refractivity contribution in [1.29, 1.82) is 0 Å². The summed E-state index contributed by atoms with van der Waals surface area (Å²) < 4.78 is 28.5. The molecule has 7 heteroatoms. The first kappa shape index (κ1) is 23.2. The third kappa shape index (κ3) is 7.34. The van der Waals surface area contributed by atoms with Crippen LogP contribution in [0.15, 0.2) is 36.4 Å². The van der Waals surface area contributed by atoms with Crippen LogP contribution in [0.4, 0.5) is 4.39 Å². The number of terminal acetylenes is 1. The van der Waals surface area contributed by atoms with Crippen molar-refractivity contribution in [2.45, 2.75) is 20.3 Å². The van der Waals surface area contributed by atoms with Crippen molar-refractivity contribution in [2.24, 2.45) is 0 Å². The highest BCUT2D eigenvalue weighted by molar-refractivity contribution is 5.90. The fourth-order valence-corrected chi connectivity index (χ4v) is 2.41. The number of halogens is 1. The van der Waals surface area contributed by atoms with Crippen LogP contribution < -0.4 is 0 Å². The van der Waals surface area contributed by atoms with Gasteiger partial charge in [-0.2, -0.15) is 0 Å². The smallest absolute Gasteiger partial charge is 0.338 e. The topological polar surface area (TPSA) is 78.9 Å². The van der Waals surface area contributed by atoms with Crippen molar-refractivity contribution < 1.29 is 33.0 Å². The van der Waals surface area contributed by atoms with E-state index in [0.717, 1.165) is 0 Å². The van der Waals surface area contributed by atoms with Gasteiger partial charge in [0.15, 0.2) is 0 Å². The van der Waals surface area contributed by atoms with E-state index in [4.69, 9.17) is 11.2 Å². The van der Waals surface area contributed by atoms with Crippen LogP contribution in [0.2, 0.25) is 0 Å². The molecule has 0 aliphatic rings. The number of benzene rings is 2. The molecule has 0 bridgehead atoms. The molecule has 0 aliphatic carbocycles. The summed E-state index contributed by atoms with van der Waals surface area (Å²) in [6, 6.07) is 8.82. The average molecular weight is 422 g/mol. The lowest BCUT2D eigenvalue weighted by molar-refractivity contribution is -0.165. The third-order valence-electron chi connectivity index (χ3n) is 3.83. The average Bonchev–Trinajstić information content (AvgIpc) is 2.73. The molecular weight excluding hydrogens is 403 g/mol. The summed E-state index contributed by atoms with van der Waals surface area (Å²) in [7, 11) is 0. The van der Waals surface area contributed by atoms with Gasteiger partial charge < -0.3 is 14.2 Å². The van der Waals surface area contributed by atoms with Crippen molar-refractivity contribution in [2.75, 3.05) is 13.4 Å². The highest BCUT2D eigenvalue weighted by Gasteiger charge is 2.11. The first-order valence-electron chi connectivity index (χ1n) is 9.20. The van der Waals surface area contributed by atoms with Gasteiger partial charge in [-0.3, -0.25) is 9.59 Å². The van der Waals surface area contributed by atoms with Gasteiger partial charge in [0, 0.05) is 23.6 Å². The number of rotatable bonds is 6. The van der Waals surface area contributed by atoms with Gasteiger partial charge in [0.1, 0.15) is 5.82 Å². The quantitative estimate of drug-likeness (QED) is 0.405. The van der Waals surface area contributed by atoms with Gasteiger partial charge in [-0.1, -0.05) is 23.8 Å². The normalized spacial score (nSPS) is 9.61. The molecule has 0 atom stereocenters. The van der Waals surface area contributed by atoms with Crippen LogP contribution in [-0.2, 0) is 30.2 Å². The maximum atomic E-state index is 14.3. The lowest BCUT2D eigenvalue weighted by Gasteiger charge is -2.06. The molecule has 0 fully saturated rings. The fraction of sp³-hybridized carbons (Fsp3) is 0.208. The van der Waals surface area contributed by atoms with E-state index in [1.807, 2.05) is 0 Å². The summed E-state index contributed by atoms with van der Waals surface area (Å²) in [6.07, 6.45) is 5.10. The second kappa shape index (κ2) is 11.2. The van der Waals surface area contributed by atoms with Crippen molar-refractivity contribution in [3.05, 3.63) is 70.0 Å². The van der Waals surface area contributed by atoms with Crippen LogP contribution >= 0.6 is 0 Å². The summed E-state index contributed by atoms with van der Waals surface area (Å²) >= 11 is 0. The predicted molar refractivity (Wildman–Crippen MR) is 109 cm³/mol. The zero-order chi connectivity index (χ0) is 22.8. The third-order valence-corrected chi connectivity index (χ3v) is 3.83. The molecule has 158 valence electrons. The Kier molecular flexibility index (Phi) is 8.36. The highest BCUT2D eigenvalue weighted by atomic mass is 19.1. The molecule has 0 radical (unpaired) electrons. The van der Waals surface area contributed by atoms with E-state index in [2.05, 4.69) is 27.2 Å². The van der Waals surface area contributed by atoms with Crippen LogP contribution in [0.1, 0.15) is 46.5 Å². The van der Waals surface area contributed by atoms with Crippen LogP contribution in [-0.4, -0.2) is 31.3 Å². The minimum absolute atomic E-state index is 0.109. The van der Waals surface area contributed by atoms with Crippen LogP contribution in [0, 0.1) is 30.0 Å². The van der Waals surface area contributed by atoms with Gasteiger partial charge in [0.2, 0.25) is 6.79 Å². The van der Waals surface area contributed by atoms with Gasteiger partial charge >= 0.3 is 17.9 Å². The molecule has 0 unspecified atom stereocenters. The maximum Gasteiger partial charge on any atom is 0.338 e. The van der Waals surface area contributed by atoms with E-state index in [1.165, 1.54) is 31.2 Å². The van der Waals surface area contributed by atoms with E-state index < -0.39 is 30.5 Å². The number of hydrogen-bond acceptors (Lipinski definition) is 6. The second-order valence-corrected chi connectivity index (χ2v) is 6.17. The zero-order valence-electron chi connectivity index (χ0n) is 17.0. The van der Waals surface area contributed by atoms with E-state index in [9.17, 15) is 18.8 Å². The molecule has 0 aliphatic heterocycles. The largest absolute Gasteiger partial charge is 0.462 e. The summed E-state index contributed by atoms with van der Waals surface area (Å²) in [6.45, 7) is 2.57. The van der Waals surface area contributed by atoms with Gasteiger partial charge in [0.25, 0.3) is 0 Å². The van der Waals surface area contributed by atoms with Crippen molar-refractivity contribution in [1.82, 2.24) is 0 Å². The van der Waals surface area contributed by atoms with E-state index in [0.29, 0.717) is 16.7 Å². The minimum Gasteiger partial charge on any atom is -0.462 e. The molecule has 6 nitrogen and oxygen atoms in total. The standard InChI is InChI=1S/C24H19FO6/c1-4-17-10-19(12-21(11-17)24(28)29-5-2)7-6-18-8-9-20(22(25)13-18)14-23(27)31-15-30-16(3)26/h1,8-13H,5,14-15H2,2-3H3. The summed E-state index contributed by atoms with van der Waals surface area (Å²) in [4.78, 5) is 34.3. The van der Waals surface area contributed by atoms with Crippen LogP contribution in [0.5, 0.6) is 0 Å². The number of ether oxygens (including phenoxy) is 3. The second-order valence-electron chi connectivity index (χ2n) is 6.17. The fourth-order valence-electron chi connectivity index (χ4n) is 2.41. The maximum absolute atomic E-state index is 14.3. The molecule has 0 N–H and O–H groups in total. The Labute approximate surface area is 179 Å². The molecule has 31 heavy (non-hydrogen) atoms. The first-order chi connectivity index (χ1) is 14.8. The SMILES string of the molecule is C#Cc1cc(C#Cc2ccc(CC(=O)OCOC(C)=O)c(F)c2)cc(C(=O)OCC)c1. The molecule has 2 aromatic rings. The molecule has 0 saturated heterocycles. The van der Waals surface area contributed by atoms with Crippen molar-refractivity contribution in [3.63, 3.8) is 0 Å². The predicted octanol–water partition coefficient (Wildman–Crippen LogP) is 2.99. The number of carbonyl (C=O) groups excluding carboxylic acids is 3. The Hall–Kier alpha value is -4.10. The summed E-state index contributed by atoms with van der Waals surface area (Å²) in [5.74, 6) is 5.60. The molecule has 0 spiro atoms. The molecule has 0 amide bonds. The van der Waals surface area contributed by atoms with Gasteiger partial charge in [-0.05, 0) is 42.8 Å². The Balaban J connectivity index is 2.15. The van der Waals surface area contributed by atoms with Crippen LogP contribution in [0.25, 0.3) is 0 Å². The molecule has 2 aromatic carbocycles. The Morgan fingerprint density at radius 1 is 0.968 bits per heavy atom. The number of hydrogen-bond donors (Lipinski definition) is 0. The van der Waals surface area contributed by atoms with Gasteiger partial charge in [-0.25, -0.2) is 9.18 Å². The van der Waals surface area contributed by atoms with Crippen LogP contribution in [0.3, 0.4) is 0 Å². The molecule has 0 aromatic heterocycles. The van der Waals surface area contributed by atoms with Crippen molar-refractivity contribution >= 4 is 17.9 Å². The molecule has 2 rings (SSSR count). The van der Waals surface area contributed by atoms with E-state index in [1.54, 1.807) is 19.1 Å². The number of carbonyl (C=O) groups is 3. The minimum atomic E-state index is -0.739. The van der Waals surface area contributed by atoms with Gasteiger partial charge in [-0.15, -0.1) is 6.42 Å². The monoisotopic (exact) mass is 422 g/mol. The van der Waals surface area contributed by atoms with Crippen molar-refractivity contribution in [3.8, 4) is 24.2 Å². The molecule has 0 heterocycles. The lowest BCUT2D eigenvalue weighted by Crippen LogP contribution is -2.13. The summed E-state index contributed by atoms with van der Waals surface area (Å²) in [5.41, 5.74) is 1.67. The molecular formula is C24H19FO6. The summed E-state index contributed by atoms with van der Waals surface area (Å²) in [5, 5.41) is 0. The zero-order valence-corrected chi connectivity index (χ0v) is 17.0.